The summed E-state index contributed by atoms with van der Waals surface area (Å²) in [6, 6.07) is 7.56. The monoisotopic (exact) mass is 620 g/mol. The number of nitrogens with zero attached hydrogens (tertiary/aromatic N) is 5. The molecule has 0 bridgehead atoms. The normalized spacial score (nSPS) is 20.0. The van der Waals surface area contributed by atoms with Crippen LogP contribution in [0.5, 0.6) is 0 Å². The van der Waals surface area contributed by atoms with Crippen molar-refractivity contribution in [3.63, 3.8) is 0 Å². The first kappa shape index (κ1) is 27.6. The molecule has 9 nitrogen and oxygen atoms in total. The van der Waals surface area contributed by atoms with Crippen LogP contribution in [-0.4, -0.2) is 68.9 Å². The number of pyridine rings is 1. The molecule has 1 fully saturated rings. The zero-order chi connectivity index (χ0) is 26.6. The van der Waals surface area contributed by atoms with Crippen molar-refractivity contribution in [1.29, 1.82) is 0 Å². The van der Waals surface area contributed by atoms with Crippen molar-refractivity contribution in [2.75, 3.05) is 32.4 Å². The predicted molar refractivity (Wildman–Crippen MR) is 150 cm³/mol. The molecule has 0 saturated carbocycles. The van der Waals surface area contributed by atoms with Gasteiger partial charge in [-0.15, -0.1) is 14.4 Å². The Morgan fingerprint density at radius 2 is 2.08 bits per heavy atom. The summed E-state index contributed by atoms with van der Waals surface area (Å²) in [6.45, 7) is 4.71. The number of piperazine rings is 1. The van der Waals surface area contributed by atoms with Crippen molar-refractivity contribution >= 4 is 45.5 Å². The number of rotatable bonds is 8. The number of halogens is 2. The predicted octanol–water partition coefficient (Wildman–Crippen LogP) is 4.13. The number of hydroxylamine groups is 2. The lowest BCUT2D eigenvalue weighted by Crippen LogP contribution is -2.59. The molecule has 202 valence electrons. The third kappa shape index (κ3) is 6.09. The van der Waals surface area contributed by atoms with Gasteiger partial charge in [-0.25, -0.2) is 4.98 Å². The number of imidazole rings is 1. The van der Waals surface area contributed by atoms with Crippen molar-refractivity contribution < 1.29 is 14.1 Å². The van der Waals surface area contributed by atoms with Gasteiger partial charge in [0.2, 0.25) is 5.91 Å². The van der Waals surface area contributed by atoms with Gasteiger partial charge in [0.15, 0.2) is 0 Å². The number of hydrogen-bond acceptors (Lipinski definition) is 8. The number of carbonyl (C=O) groups is 1. The van der Waals surface area contributed by atoms with Crippen LogP contribution in [0.15, 0.2) is 47.5 Å². The van der Waals surface area contributed by atoms with Crippen LogP contribution in [-0.2, 0) is 33.5 Å². The number of benzene rings is 1. The first-order valence-corrected chi connectivity index (χ1v) is 14.8. The van der Waals surface area contributed by atoms with Gasteiger partial charge in [0.05, 0.1) is 18.1 Å². The van der Waals surface area contributed by atoms with E-state index in [1.807, 2.05) is 23.8 Å². The molecular formula is C26H30BrClN6O3S. The molecule has 12 heteroatoms. The van der Waals surface area contributed by atoms with Gasteiger partial charge in [-0.1, -0.05) is 17.7 Å². The standard InChI is InChI=1S/C26H30BrClN6O3S/c1-17-13-29-16-33(17)8-7-30-26(35)23-15-32(9-10-34(23)36-37-38-2)25-22-6-5-21(28)12-18(22)3-4-19-11-20(27)14-31-24(19)25/h5-6,11-14,16,23,25H,3-4,7-10,15H2,1-2H3,(H,30,35)/t23-,25?/m1/s1. The summed E-state index contributed by atoms with van der Waals surface area (Å²) in [4.78, 5) is 30.3. The smallest absolute Gasteiger partial charge is 0.241 e. The fourth-order valence-electron chi connectivity index (χ4n) is 5.21. The van der Waals surface area contributed by atoms with Crippen LogP contribution in [0.1, 0.15) is 34.1 Å². The van der Waals surface area contributed by atoms with Gasteiger partial charge in [0.25, 0.3) is 0 Å². The number of nitrogens with one attached hydrogen (secondary N) is 1. The Kier molecular flexibility index (Phi) is 9.04. The molecule has 1 aliphatic carbocycles. The SMILES string of the molecule is CSOON1CCN(C2c3ccc(Cl)cc3CCc3cc(Br)cnc32)C[C@@H]1C(=O)NCCn1cncc1C. The van der Waals surface area contributed by atoms with E-state index in [9.17, 15) is 4.79 Å². The summed E-state index contributed by atoms with van der Waals surface area (Å²) in [5.74, 6) is -0.119. The summed E-state index contributed by atoms with van der Waals surface area (Å²) >= 11 is 11.1. The molecular weight excluding hydrogens is 592 g/mol. The van der Waals surface area contributed by atoms with Crippen molar-refractivity contribution in [2.45, 2.75) is 38.4 Å². The second-order valence-corrected chi connectivity index (χ2v) is 11.2. The molecule has 2 aliphatic rings. The lowest BCUT2D eigenvalue weighted by Gasteiger charge is -2.42. The van der Waals surface area contributed by atoms with E-state index in [4.69, 9.17) is 25.9 Å². The number of aryl methyl sites for hydroxylation is 3. The van der Waals surface area contributed by atoms with E-state index in [-0.39, 0.29) is 11.9 Å². The third-order valence-electron chi connectivity index (χ3n) is 7.09. The maximum absolute atomic E-state index is 13.5. The third-order valence-corrected chi connectivity index (χ3v) is 7.95. The fraction of sp³-hybridized carbons (Fsp3) is 0.423. The molecule has 3 aromatic rings. The molecule has 3 heterocycles. The second-order valence-electron chi connectivity index (χ2n) is 9.42. The number of aromatic nitrogens is 3. The van der Waals surface area contributed by atoms with Gasteiger partial charge < -0.3 is 9.88 Å². The fourth-order valence-corrected chi connectivity index (χ4v) is 5.93. The minimum absolute atomic E-state index is 0.111. The number of hydrogen-bond donors (Lipinski definition) is 1. The molecule has 0 radical (unpaired) electrons. The summed E-state index contributed by atoms with van der Waals surface area (Å²) in [6.07, 6.45) is 8.93. The Balaban J connectivity index is 1.41. The average molecular weight is 622 g/mol. The van der Waals surface area contributed by atoms with Gasteiger partial charge in [-0.3, -0.25) is 14.7 Å². The Hall–Kier alpha value is -1.99. The summed E-state index contributed by atoms with van der Waals surface area (Å²) in [5, 5.41) is 5.42. The van der Waals surface area contributed by atoms with E-state index in [0.29, 0.717) is 32.7 Å². The van der Waals surface area contributed by atoms with Gasteiger partial charge in [0.1, 0.15) is 6.04 Å². The highest BCUT2D eigenvalue weighted by Gasteiger charge is 2.39. The quantitative estimate of drug-likeness (QED) is 0.228. The van der Waals surface area contributed by atoms with Gasteiger partial charge in [-0.2, -0.15) is 0 Å². The highest BCUT2D eigenvalue weighted by molar-refractivity contribution is 9.10. The number of carbonyl (C=O) groups excluding carboxylic acids is 1. The lowest BCUT2D eigenvalue weighted by molar-refractivity contribution is -0.376. The summed E-state index contributed by atoms with van der Waals surface area (Å²) in [5.41, 5.74) is 5.63. The maximum atomic E-state index is 13.5. The first-order valence-electron chi connectivity index (χ1n) is 12.5. The zero-order valence-electron chi connectivity index (χ0n) is 21.3. The van der Waals surface area contributed by atoms with E-state index in [2.05, 4.69) is 49.3 Å². The summed E-state index contributed by atoms with van der Waals surface area (Å²) in [7, 11) is 0. The molecule has 1 N–H and O–H groups in total. The molecule has 1 aromatic carbocycles. The van der Waals surface area contributed by atoms with E-state index < -0.39 is 6.04 Å². The molecule has 1 aliphatic heterocycles. The van der Waals surface area contributed by atoms with Crippen LogP contribution >= 0.6 is 39.6 Å². The van der Waals surface area contributed by atoms with Crippen LogP contribution in [0.25, 0.3) is 0 Å². The van der Waals surface area contributed by atoms with Crippen LogP contribution < -0.4 is 5.32 Å². The molecule has 2 aromatic heterocycles. The zero-order valence-corrected chi connectivity index (χ0v) is 24.4. The van der Waals surface area contributed by atoms with Crippen molar-refractivity contribution in [1.82, 2.24) is 29.8 Å². The van der Waals surface area contributed by atoms with Gasteiger partial charge in [0, 0.05) is 78.6 Å². The Bertz CT molecular complexity index is 1240. The van der Waals surface area contributed by atoms with Crippen molar-refractivity contribution in [3.05, 3.63) is 80.6 Å². The Morgan fingerprint density at radius 1 is 1.24 bits per heavy atom. The molecule has 0 spiro atoms. The van der Waals surface area contributed by atoms with Crippen molar-refractivity contribution in [3.8, 4) is 0 Å². The number of amides is 1. The Labute approximate surface area is 240 Å². The maximum Gasteiger partial charge on any atom is 0.241 e. The van der Waals surface area contributed by atoms with Crippen LogP contribution in [0.4, 0.5) is 0 Å². The van der Waals surface area contributed by atoms with E-state index >= 15 is 0 Å². The highest BCUT2D eigenvalue weighted by Crippen LogP contribution is 2.38. The summed E-state index contributed by atoms with van der Waals surface area (Å²) < 4.78 is 8.13. The molecule has 5 rings (SSSR count). The number of fused-ring (bicyclic) bond motifs is 2. The molecule has 1 unspecified atom stereocenters. The van der Waals surface area contributed by atoms with Crippen LogP contribution in [0.2, 0.25) is 5.02 Å². The average Bonchev–Trinajstić information content (AvgIpc) is 3.25. The van der Waals surface area contributed by atoms with Crippen LogP contribution in [0, 0.1) is 6.92 Å². The van der Waals surface area contributed by atoms with E-state index in [0.717, 1.165) is 45.8 Å². The minimum Gasteiger partial charge on any atom is -0.353 e. The Morgan fingerprint density at radius 3 is 2.87 bits per heavy atom. The molecule has 2 atom stereocenters. The van der Waals surface area contributed by atoms with Gasteiger partial charge in [-0.05, 0) is 70.6 Å². The van der Waals surface area contributed by atoms with E-state index in [1.54, 1.807) is 23.8 Å². The van der Waals surface area contributed by atoms with E-state index in [1.165, 1.54) is 16.7 Å². The van der Waals surface area contributed by atoms with Crippen molar-refractivity contribution in [2.24, 2.45) is 0 Å². The highest BCUT2D eigenvalue weighted by atomic mass is 79.9. The minimum atomic E-state index is -0.572. The molecule has 38 heavy (non-hydrogen) atoms. The second kappa shape index (κ2) is 12.5. The molecule has 1 saturated heterocycles. The molecule has 1 amide bonds. The van der Waals surface area contributed by atoms with Crippen LogP contribution in [0.3, 0.4) is 0 Å². The topological polar surface area (TPSA) is 84.8 Å². The lowest BCUT2D eigenvalue weighted by atomic mass is 9.95. The largest absolute Gasteiger partial charge is 0.353 e. The van der Waals surface area contributed by atoms with Gasteiger partial charge >= 0.3 is 0 Å². The first-order chi connectivity index (χ1) is 18.4.